The van der Waals surface area contributed by atoms with Crippen molar-refractivity contribution in [3.63, 3.8) is 0 Å². The van der Waals surface area contributed by atoms with Crippen molar-refractivity contribution in [1.29, 1.82) is 0 Å². The average molecular weight is 231 g/mol. The molecule has 0 saturated heterocycles. The first-order valence-corrected chi connectivity index (χ1v) is 5.34. The lowest BCUT2D eigenvalue weighted by Crippen LogP contribution is -1.95. The van der Waals surface area contributed by atoms with Crippen LogP contribution in [0.25, 0.3) is 0 Å². The Morgan fingerprint density at radius 2 is 1.88 bits per heavy atom. The smallest absolute Gasteiger partial charge is 0.222 e. The summed E-state index contributed by atoms with van der Waals surface area (Å²) in [7, 11) is 0. The molecule has 2 rings (SSSR count). The molecule has 0 radical (unpaired) electrons. The molecule has 0 amide bonds. The first kappa shape index (κ1) is 11.3. The molecule has 1 aromatic heterocycles. The summed E-state index contributed by atoms with van der Waals surface area (Å²) in [5.41, 5.74) is 0. The zero-order chi connectivity index (χ0) is 12.1. The summed E-state index contributed by atoms with van der Waals surface area (Å²) >= 11 is 0. The lowest BCUT2D eigenvalue weighted by molar-refractivity contribution is 0.321. The van der Waals surface area contributed by atoms with Crippen molar-refractivity contribution in [3.8, 4) is 23.3 Å². The lowest BCUT2D eigenvalue weighted by atomic mass is 10.3. The fraction of sp³-hybridized carbons (Fsp3) is 0.154. The van der Waals surface area contributed by atoms with Crippen molar-refractivity contribution >= 4 is 0 Å². The molecule has 0 aliphatic heterocycles. The molecule has 0 aliphatic rings. The summed E-state index contributed by atoms with van der Waals surface area (Å²) in [4.78, 5) is 4.16. The summed E-state index contributed by atoms with van der Waals surface area (Å²) in [5, 5.41) is 9.30. The number of benzene rings is 1. The standard InChI is InChI=1S/C13H13NO3/c1-2-16-12-7-4-8-13(14-12)17-11-6-3-5-10(15)9-11/h3-9,15H,2H2,1H3. The van der Waals surface area contributed by atoms with Crippen molar-refractivity contribution < 1.29 is 14.6 Å². The van der Waals surface area contributed by atoms with E-state index in [1.165, 1.54) is 6.07 Å². The lowest BCUT2D eigenvalue weighted by Gasteiger charge is -2.06. The Hall–Kier alpha value is -2.23. The van der Waals surface area contributed by atoms with E-state index in [1.807, 2.05) is 6.92 Å². The number of pyridine rings is 1. The van der Waals surface area contributed by atoms with Crippen molar-refractivity contribution in [3.05, 3.63) is 42.5 Å². The molecule has 1 N–H and O–H groups in total. The largest absolute Gasteiger partial charge is 0.508 e. The van der Waals surface area contributed by atoms with E-state index in [0.29, 0.717) is 24.1 Å². The molecule has 1 heterocycles. The fourth-order valence-electron chi connectivity index (χ4n) is 1.35. The minimum atomic E-state index is 0.156. The van der Waals surface area contributed by atoms with E-state index in [1.54, 1.807) is 36.4 Å². The second-order valence-electron chi connectivity index (χ2n) is 3.35. The number of ether oxygens (including phenoxy) is 2. The van der Waals surface area contributed by atoms with E-state index in [-0.39, 0.29) is 5.75 Å². The van der Waals surface area contributed by atoms with Crippen molar-refractivity contribution in [2.45, 2.75) is 6.92 Å². The molecule has 4 nitrogen and oxygen atoms in total. The molecule has 0 spiro atoms. The van der Waals surface area contributed by atoms with Crippen LogP contribution in [0, 0.1) is 0 Å². The Morgan fingerprint density at radius 3 is 2.65 bits per heavy atom. The first-order valence-electron chi connectivity index (χ1n) is 5.34. The molecule has 0 fully saturated rings. The highest BCUT2D eigenvalue weighted by Crippen LogP contribution is 2.24. The highest BCUT2D eigenvalue weighted by molar-refractivity contribution is 5.34. The monoisotopic (exact) mass is 231 g/mol. The van der Waals surface area contributed by atoms with Gasteiger partial charge in [-0.25, -0.2) is 0 Å². The molecule has 2 aromatic rings. The van der Waals surface area contributed by atoms with Crippen LogP contribution in [0.15, 0.2) is 42.5 Å². The van der Waals surface area contributed by atoms with E-state index in [4.69, 9.17) is 9.47 Å². The van der Waals surface area contributed by atoms with Crippen molar-refractivity contribution in [1.82, 2.24) is 4.98 Å². The van der Waals surface area contributed by atoms with Gasteiger partial charge in [-0.15, -0.1) is 0 Å². The maximum Gasteiger partial charge on any atom is 0.222 e. The summed E-state index contributed by atoms with van der Waals surface area (Å²) in [6.45, 7) is 2.45. The summed E-state index contributed by atoms with van der Waals surface area (Å²) in [6, 6.07) is 11.8. The van der Waals surface area contributed by atoms with Gasteiger partial charge in [-0.3, -0.25) is 0 Å². The van der Waals surface area contributed by atoms with E-state index in [2.05, 4.69) is 4.98 Å². The van der Waals surface area contributed by atoms with E-state index < -0.39 is 0 Å². The molecule has 0 unspecified atom stereocenters. The van der Waals surface area contributed by atoms with Gasteiger partial charge in [0.2, 0.25) is 11.8 Å². The Morgan fingerprint density at radius 1 is 1.12 bits per heavy atom. The molecule has 17 heavy (non-hydrogen) atoms. The second kappa shape index (κ2) is 5.21. The second-order valence-corrected chi connectivity index (χ2v) is 3.35. The van der Waals surface area contributed by atoms with Crippen LogP contribution in [0.2, 0.25) is 0 Å². The van der Waals surface area contributed by atoms with Gasteiger partial charge in [0.1, 0.15) is 11.5 Å². The third-order valence-corrected chi connectivity index (χ3v) is 2.03. The van der Waals surface area contributed by atoms with Gasteiger partial charge in [0.25, 0.3) is 0 Å². The normalized spacial score (nSPS) is 9.94. The number of phenols is 1. The van der Waals surface area contributed by atoms with E-state index in [0.717, 1.165) is 0 Å². The molecule has 88 valence electrons. The highest BCUT2D eigenvalue weighted by atomic mass is 16.5. The van der Waals surface area contributed by atoms with E-state index >= 15 is 0 Å². The van der Waals surface area contributed by atoms with Crippen LogP contribution in [0.4, 0.5) is 0 Å². The van der Waals surface area contributed by atoms with Crippen molar-refractivity contribution in [2.24, 2.45) is 0 Å². The summed E-state index contributed by atoms with van der Waals surface area (Å²) in [6.07, 6.45) is 0. The Bertz CT molecular complexity index is 500. The maximum absolute atomic E-state index is 9.30. The van der Waals surface area contributed by atoms with Crippen LogP contribution in [0.1, 0.15) is 6.92 Å². The van der Waals surface area contributed by atoms with Crippen LogP contribution in [-0.4, -0.2) is 16.7 Å². The van der Waals surface area contributed by atoms with Crippen molar-refractivity contribution in [2.75, 3.05) is 6.61 Å². The molecule has 0 atom stereocenters. The number of hydrogen-bond acceptors (Lipinski definition) is 4. The van der Waals surface area contributed by atoms with Crippen LogP contribution < -0.4 is 9.47 Å². The van der Waals surface area contributed by atoms with Gasteiger partial charge in [-0.05, 0) is 19.1 Å². The van der Waals surface area contributed by atoms with E-state index in [9.17, 15) is 5.11 Å². The van der Waals surface area contributed by atoms with Gasteiger partial charge >= 0.3 is 0 Å². The van der Waals surface area contributed by atoms with Crippen LogP contribution in [0.3, 0.4) is 0 Å². The van der Waals surface area contributed by atoms with Gasteiger partial charge in [0.15, 0.2) is 0 Å². The Kier molecular flexibility index (Phi) is 3.45. The number of phenolic OH excluding ortho intramolecular Hbond substituents is 1. The van der Waals surface area contributed by atoms with Gasteiger partial charge in [0.05, 0.1) is 6.61 Å². The molecule has 1 aromatic carbocycles. The third-order valence-electron chi connectivity index (χ3n) is 2.03. The number of nitrogens with zero attached hydrogens (tertiary/aromatic N) is 1. The fourth-order valence-corrected chi connectivity index (χ4v) is 1.35. The van der Waals surface area contributed by atoms with Crippen LogP contribution in [-0.2, 0) is 0 Å². The molecule has 0 saturated carbocycles. The maximum atomic E-state index is 9.30. The van der Waals surface area contributed by atoms with Gasteiger partial charge in [-0.2, -0.15) is 4.98 Å². The summed E-state index contributed by atoms with van der Waals surface area (Å²) in [5.74, 6) is 1.64. The number of rotatable bonds is 4. The average Bonchev–Trinajstić information content (AvgIpc) is 2.30. The number of hydrogen-bond donors (Lipinski definition) is 1. The minimum Gasteiger partial charge on any atom is -0.508 e. The molecule has 0 bridgehead atoms. The quantitative estimate of drug-likeness (QED) is 0.878. The molecular formula is C13H13NO3. The SMILES string of the molecule is CCOc1cccc(Oc2cccc(O)c2)n1. The van der Waals surface area contributed by atoms with Crippen LogP contribution >= 0.6 is 0 Å². The zero-order valence-corrected chi connectivity index (χ0v) is 9.46. The van der Waals surface area contributed by atoms with Gasteiger partial charge in [0, 0.05) is 18.2 Å². The third kappa shape index (κ3) is 3.11. The summed E-state index contributed by atoms with van der Waals surface area (Å²) < 4.78 is 10.8. The molecular weight excluding hydrogens is 218 g/mol. The minimum absolute atomic E-state index is 0.156. The first-order chi connectivity index (χ1) is 8.28. The molecule has 4 heteroatoms. The van der Waals surface area contributed by atoms with Gasteiger partial charge in [-0.1, -0.05) is 12.1 Å². The number of aromatic nitrogens is 1. The van der Waals surface area contributed by atoms with Gasteiger partial charge < -0.3 is 14.6 Å². The Labute approximate surface area is 99.5 Å². The van der Waals surface area contributed by atoms with Crippen LogP contribution in [0.5, 0.6) is 23.3 Å². The molecule has 0 aliphatic carbocycles. The zero-order valence-electron chi connectivity index (χ0n) is 9.46. The predicted molar refractivity (Wildman–Crippen MR) is 63.6 cm³/mol. The Balaban J connectivity index is 2.15. The topological polar surface area (TPSA) is 51.6 Å². The predicted octanol–water partition coefficient (Wildman–Crippen LogP) is 2.98. The number of aromatic hydroxyl groups is 1. The highest BCUT2D eigenvalue weighted by Gasteiger charge is 2.01.